The molecule has 0 bridgehead atoms. The summed E-state index contributed by atoms with van der Waals surface area (Å²) >= 11 is 0. The van der Waals surface area contributed by atoms with Crippen molar-refractivity contribution in [3.63, 3.8) is 0 Å². The lowest BCUT2D eigenvalue weighted by Gasteiger charge is -2.14. The van der Waals surface area contributed by atoms with Gasteiger partial charge in [0.2, 0.25) is 0 Å². The van der Waals surface area contributed by atoms with Gasteiger partial charge in [0.05, 0.1) is 0 Å². The molecule has 0 radical (unpaired) electrons. The van der Waals surface area contributed by atoms with Crippen molar-refractivity contribution in [2.75, 3.05) is 19.6 Å². The van der Waals surface area contributed by atoms with Gasteiger partial charge in [-0.05, 0) is 31.7 Å². The third-order valence-electron chi connectivity index (χ3n) is 2.86. The maximum atomic E-state index is 4.06. The zero-order valence-electron chi connectivity index (χ0n) is 8.64. The molecule has 0 aromatic heterocycles. The van der Waals surface area contributed by atoms with Gasteiger partial charge in [-0.3, -0.25) is 0 Å². The van der Waals surface area contributed by atoms with Crippen LogP contribution in [0.25, 0.3) is 0 Å². The maximum absolute atomic E-state index is 4.06. The zero-order chi connectivity index (χ0) is 9.14. The highest BCUT2D eigenvalue weighted by Crippen LogP contribution is 2.27. The third-order valence-corrected chi connectivity index (χ3v) is 2.86. The summed E-state index contributed by atoms with van der Waals surface area (Å²) in [5.74, 6) is 1.56. The quantitative estimate of drug-likeness (QED) is 0.584. The monoisotopic (exact) mass is 167 g/mol. The van der Waals surface area contributed by atoms with Crippen LogP contribution in [0, 0.1) is 11.8 Å². The van der Waals surface area contributed by atoms with E-state index in [0.29, 0.717) is 0 Å². The van der Waals surface area contributed by atoms with Crippen molar-refractivity contribution < 1.29 is 0 Å². The Morgan fingerprint density at radius 2 is 2.17 bits per heavy atom. The first-order valence-electron chi connectivity index (χ1n) is 5.03. The molecule has 1 heteroatoms. The van der Waals surface area contributed by atoms with Gasteiger partial charge in [-0.2, -0.15) is 0 Å². The maximum Gasteiger partial charge on any atom is 0.00500 e. The van der Waals surface area contributed by atoms with Gasteiger partial charge in [0.15, 0.2) is 0 Å². The first-order valence-corrected chi connectivity index (χ1v) is 5.03. The van der Waals surface area contributed by atoms with Gasteiger partial charge in [0.25, 0.3) is 0 Å². The van der Waals surface area contributed by atoms with Crippen LogP contribution in [0.5, 0.6) is 0 Å². The molecular formula is C11H21N. The highest BCUT2D eigenvalue weighted by atomic mass is 15.1. The molecule has 1 unspecified atom stereocenters. The van der Waals surface area contributed by atoms with Gasteiger partial charge in [-0.1, -0.05) is 26.0 Å². The Kier molecular flexibility index (Phi) is 3.33. The van der Waals surface area contributed by atoms with Crippen LogP contribution in [0.1, 0.15) is 27.2 Å². The molecule has 1 aliphatic rings. The standard InChI is InChI=1S/C11H21N/c1-5-6-12-7-10(4)11(8-12)9(2)3/h10-11H,2,5-8H2,1,3-4H3/t10?,11-/m0/s1. The van der Waals surface area contributed by atoms with Crippen molar-refractivity contribution >= 4 is 0 Å². The van der Waals surface area contributed by atoms with E-state index in [1.807, 2.05) is 0 Å². The number of nitrogens with zero attached hydrogens (tertiary/aromatic N) is 1. The number of hydrogen-bond donors (Lipinski definition) is 0. The SMILES string of the molecule is C=C(C)[C@@H]1CN(CCC)CC1C. The molecule has 70 valence electrons. The van der Waals surface area contributed by atoms with Crippen LogP contribution in [0.4, 0.5) is 0 Å². The Morgan fingerprint density at radius 3 is 2.58 bits per heavy atom. The van der Waals surface area contributed by atoms with E-state index >= 15 is 0 Å². The molecular weight excluding hydrogens is 146 g/mol. The Bertz CT molecular complexity index is 162. The van der Waals surface area contributed by atoms with E-state index in [-0.39, 0.29) is 0 Å². The van der Waals surface area contributed by atoms with Crippen LogP contribution in [0.3, 0.4) is 0 Å². The molecule has 1 fully saturated rings. The van der Waals surface area contributed by atoms with Crippen molar-refractivity contribution in [2.45, 2.75) is 27.2 Å². The summed E-state index contributed by atoms with van der Waals surface area (Å²) in [5.41, 5.74) is 1.36. The second-order valence-electron chi connectivity index (χ2n) is 4.19. The third kappa shape index (κ3) is 2.10. The largest absolute Gasteiger partial charge is 0.302 e. The highest BCUT2D eigenvalue weighted by molar-refractivity contribution is 5.03. The molecule has 0 N–H and O–H groups in total. The smallest absolute Gasteiger partial charge is 0.00500 e. The molecule has 2 atom stereocenters. The van der Waals surface area contributed by atoms with Crippen LogP contribution in [-0.2, 0) is 0 Å². The van der Waals surface area contributed by atoms with Crippen LogP contribution >= 0.6 is 0 Å². The fourth-order valence-corrected chi connectivity index (χ4v) is 2.21. The van der Waals surface area contributed by atoms with Gasteiger partial charge in [-0.25, -0.2) is 0 Å². The first kappa shape index (κ1) is 9.79. The summed E-state index contributed by atoms with van der Waals surface area (Å²) in [6.45, 7) is 14.6. The summed E-state index contributed by atoms with van der Waals surface area (Å²) in [6.07, 6.45) is 1.27. The Labute approximate surface area is 76.5 Å². The van der Waals surface area contributed by atoms with Crippen LogP contribution < -0.4 is 0 Å². The number of hydrogen-bond acceptors (Lipinski definition) is 1. The molecule has 0 spiro atoms. The van der Waals surface area contributed by atoms with E-state index in [0.717, 1.165) is 11.8 Å². The van der Waals surface area contributed by atoms with Gasteiger partial charge in [0, 0.05) is 13.1 Å². The fraction of sp³-hybridized carbons (Fsp3) is 0.818. The molecule has 0 aromatic carbocycles. The van der Waals surface area contributed by atoms with E-state index in [1.165, 1.54) is 31.6 Å². The summed E-state index contributed by atoms with van der Waals surface area (Å²) in [4.78, 5) is 2.56. The molecule has 1 heterocycles. The Hall–Kier alpha value is -0.300. The lowest BCUT2D eigenvalue weighted by molar-refractivity contribution is 0.325. The Balaban J connectivity index is 2.44. The molecule has 0 saturated carbocycles. The van der Waals surface area contributed by atoms with Crippen LogP contribution in [0.2, 0.25) is 0 Å². The molecule has 1 aliphatic heterocycles. The summed E-state index contributed by atoms with van der Waals surface area (Å²) in [5, 5.41) is 0. The minimum Gasteiger partial charge on any atom is -0.302 e. The van der Waals surface area contributed by atoms with Crippen LogP contribution in [0.15, 0.2) is 12.2 Å². The summed E-state index contributed by atoms with van der Waals surface area (Å²) in [6, 6.07) is 0. The lowest BCUT2D eigenvalue weighted by Crippen LogP contribution is -2.21. The predicted molar refractivity (Wildman–Crippen MR) is 54.2 cm³/mol. The normalized spacial score (nSPS) is 30.9. The van der Waals surface area contributed by atoms with Gasteiger partial charge in [0.1, 0.15) is 0 Å². The Morgan fingerprint density at radius 1 is 1.50 bits per heavy atom. The topological polar surface area (TPSA) is 3.24 Å². The van der Waals surface area contributed by atoms with Crippen molar-refractivity contribution in [2.24, 2.45) is 11.8 Å². The number of likely N-dealkylation sites (tertiary alicyclic amines) is 1. The van der Waals surface area contributed by atoms with Gasteiger partial charge in [-0.15, -0.1) is 0 Å². The average molecular weight is 167 g/mol. The zero-order valence-corrected chi connectivity index (χ0v) is 8.64. The van der Waals surface area contributed by atoms with Crippen molar-refractivity contribution in [1.82, 2.24) is 4.90 Å². The summed E-state index contributed by atoms with van der Waals surface area (Å²) in [7, 11) is 0. The molecule has 0 amide bonds. The van der Waals surface area contributed by atoms with E-state index < -0.39 is 0 Å². The van der Waals surface area contributed by atoms with E-state index in [1.54, 1.807) is 0 Å². The van der Waals surface area contributed by atoms with Crippen LogP contribution in [-0.4, -0.2) is 24.5 Å². The summed E-state index contributed by atoms with van der Waals surface area (Å²) < 4.78 is 0. The van der Waals surface area contributed by atoms with Crippen molar-refractivity contribution in [3.05, 3.63) is 12.2 Å². The highest BCUT2D eigenvalue weighted by Gasteiger charge is 2.28. The first-order chi connectivity index (χ1) is 5.65. The fourth-order valence-electron chi connectivity index (χ4n) is 2.21. The minimum absolute atomic E-state index is 0.747. The number of rotatable bonds is 3. The predicted octanol–water partition coefficient (Wildman–Crippen LogP) is 2.54. The molecule has 1 saturated heterocycles. The van der Waals surface area contributed by atoms with Gasteiger partial charge >= 0.3 is 0 Å². The molecule has 12 heavy (non-hydrogen) atoms. The van der Waals surface area contributed by atoms with E-state index in [2.05, 4.69) is 32.3 Å². The molecule has 0 aromatic rings. The van der Waals surface area contributed by atoms with E-state index in [9.17, 15) is 0 Å². The van der Waals surface area contributed by atoms with Crippen molar-refractivity contribution in [1.29, 1.82) is 0 Å². The average Bonchev–Trinajstić information content (AvgIpc) is 2.32. The van der Waals surface area contributed by atoms with E-state index in [4.69, 9.17) is 0 Å². The molecule has 0 aliphatic carbocycles. The lowest BCUT2D eigenvalue weighted by atomic mass is 9.92. The molecule has 1 nitrogen and oxygen atoms in total. The second-order valence-corrected chi connectivity index (χ2v) is 4.19. The van der Waals surface area contributed by atoms with Gasteiger partial charge < -0.3 is 4.90 Å². The second kappa shape index (κ2) is 4.08. The molecule has 1 rings (SSSR count). The minimum atomic E-state index is 0.747. The van der Waals surface area contributed by atoms with Crippen molar-refractivity contribution in [3.8, 4) is 0 Å².